The van der Waals surface area contributed by atoms with Crippen LogP contribution in [0.1, 0.15) is 44.4 Å². The zero-order valence-corrected chi connectivity index (χ0v) is 22.5. The van der Waals surface area contributed by atoms with Gasteiger partial charge in [0.15, 0.2) is 5.78 Å². The zero-order valence-electron chi connectivity index (χ0n) is 21.8. The zero-order chi connectivity index (χ0) is 29.8. The van der Waals surface area contributed by atoms with Crippen molar-refractivity contribution in [1.82, 2.24) is 16.0 Å². The van der Waals surface area contributed by atoms with Crippen LogP contribution in [0.25, 0.3) is 0 Å². The van der Waals surface area contributed by atoms with Gasteiger partial charge in [-0.3, -0.25) is 24.5 Å². The number of anilines is 1. The van der Waals surface area contributed by atoms with Crippen molar-refractivity contribution in [2.45, 2.75) is 45.5 Å². The minimum Gasteiger partial charge on any atom is -0.346 e. The predicted molar refractivity (Wildman–Crippen MR) is 140 cm³/mol. The number of carbonyl (C=O) groups excluding carboxylic acids is 5. The molecule has 0 aliphatic carbocycles. The van der Waals surface area contributed by atoms with E-state index in [-0.39, 0.29) is 12.1 Å². The fraction of sp³-hybridized carbons (Fsp3) is 0.370. The monoisotopic (exact) mass is 580 g/mol. The molecule has 3 rings (SSSR count). The van der Waals surface area contributed by atoms with Gasteiger partial charge in [0.1, 0.15) is 5.92 Å². The maximum atomic E-state index is 13.2. The molecule has 1 aliphatic rings. The largest absolute Gasteiger partial charge is 0.417 e. The summed E-state index contributed by atoms with van der Waals surface area (Å²) < 4.78 is 39.6. The average molecular weight is 581 g/mol. The Hall–Kier alpha value is -3.93. The van der Waals surface area contributed by atoms with Crippen molar-refractivity contribution in [3.8, 4) is 0 Å². The molecule has 1 aliphatic heterocycles. The van der Waals surface area contributed by atoms with Crippen LogP contribution in [-0.2, 0) is 25.4 Å². The molecule has 2 aromatic rings. The van der Waals surface area contributed by atoms with Crippen LogP contribution in [-0.4, -0.2) is 35.6 Å². The van der Waals surface area contributed by atoms with Crippen molar-refractivity contribution in [1.29, 1.82) is 0 Å². The Morgan fingerprint density at radius 2 is 1.65 bits per heavy atom. The lowest BCUT2D eigenvalue weighted by Gasteiger charge is -2.26. The van der Waals surface area contributed by atoms with Gasteiger partial charge in [0.05, 0.1) is 35.0 Å². The molecule has 214 valence electrons. The van der Waals surface area contributed by atoms with E-state index in [4.69, 9.17) is 11.6 Å². The molecule has 4 N–H and O–H groups in total. The fourth-order valence-corrected chi connectivity index (χ4v) is 4.55. The van der Waals surface area contributed by atoms with Crippen molar-refractivity contribution in [2.75, 3.05) is 5.32 Å². The molecule has 0 spiro atoms. The third kappa shape index (κ3) is 7.38. The van der Waals surface area contributed by atoms with E-state index in [9.17, 15) is 37.1 Å². The summed E-state index contributed by atoms with van der Waals surface area (Å²) in [4.78, 5) is 63.0. The van der Waals surface area contributed by atoms with E-state index >= 15 is 0 Å². The first-order chi connectivity index (χ1) is 18.7. The van der Waals surface area contributed by atoms with E-state index in [0.717, 1.165) is 6.07 Å². The predicted octanol–water partition coefficient (Wildman–Crippen LogP) is 4.23. The lowest BCUT2D eigenvalue weighted by atomic mass is 9.85. The van der Waals surface area contributed by atoms with Crippen LogP contribution in [0, 0.1) is 17.8 Å². The number of imide groups is 1. The van der Waals surface area contributed by atoms with E-state index in [1.54, 1.807) is 44.2 Å². The van der Waals surface area contributed by atoms with Crippen LogP contribution in [0.15, 0.2) is 48.5 Å². The SMILES string of the molecule is CC(C)C(NC(=O)CC(NC(=O)Nc1ccc(Cl)c(C(F)(F)F)c1)c1ccccc1)C(=O)C1C(=O)NC(=O)C1C. The summed E-state index contributed by atoms with van der Waals surface area (Å²) in [6, 6.07) is 8.33. The van der Waals surface area contributed by atoms with Gasteiger partial charge in [-0.2, -0.15) is 13.2 Å². The normalized spacial score (nSPS) is 18.6. The van der Waals surface area contributed by atoms with Gasteiger partial charge in [-0.15, -0.1) is 0 Å². The van der Waals surface area contributed by atoms with Crippen molar-refractivity contribution in [2.24, 2.45) is 17.8 Å². The Kier molecular flexibility index (Phi) is 9.56. The van der Waals surface area contributed by atoms with Gasteiger partial charge in [-0.05, 0) is 29.7 Å². The van der Waals surface area contributed by atoms with Crippen LogP contribution in [0.2, 0.25) is 5.02 Å². The van der Waals surface area contributed by atoms with Gasteiger partial charge in [-0.25, -0.2) is 4.79 Å². The quantitative estimate of drug-likeness (QED) is 0.260. The smallest absolute Gasteiger partial charge is 0.346 e. The number of halogens is 4. The van der Waals surface area contributed by atoms with E-state index in [0.29, 0.717) is 11.6 Å². The molecule has 1 fully saturated rings. The highest BCUT2D eigenvalue weighted by molar-refractivity contribution is 6.31. The van der Waals surface area contributed by atoms with E-state index < -0.39 is 76.1 Å². The number of amides is 5. The molecule has 13 heteroatoms. The number of rotatable bonds is 9. The van der Waals surface area contributed by atoms with E-state index in [2.05, 4.69) is 21.3 Å². The molecular weight excluding hydrogens is 553 g/mol. The Bertz CT molecular complexity index is 1300. The first kappa shape index (κ1) is 30.6. The number of urea groups is 1. The summed E-state index contributed by atoms with van der Waals surface area (Å²) in [5.74, 6) is -5.08. The van der Waals surface area contributed by atoms with Gasteiger partial charge in [0.25, 0.3) is 0 Å². The summed E-state index contributed by atoms with van der Waals surface area (Å²) in [5.41, 5.74) is -0.779. The topological polar surface area (TPSA) is 133 Å². The molecular formula is C27H28ClF3N4O5. The number of hydrogen-bond acceptors (Lipinski definition) is 5. The van der Waals surface area contributed by atoms with Crippen LogP contribution in [0.5, 0.6) is 0 Å². The molecule has 1 heterocycles. The number of alkyl halides is 3. The first-order valence-corrected chi connectivity index (χ1v) is 12.7. The third-order valence-corrected chi connectivity index (χ3v) is 6.79. The van der Waals surface area contributed by atoms with Gasteiger partial charge in [0, 0.05) is 5.69 Å². The summed E-state index contributed by atoms with van der Waals surface area (Å²) in [6.07, 6.45) is -5.07. The Balaban J connectivity index is 1.75. The second-order valence-electron chi connectivity index (χ2n) is 9.77. The second kappa shape index (κ2) is 12.5. The molecule has 0 saturated carbocycles. The van der Waals surface area contributed by atoms with Crippen LogP contribution < -0.4 is 21.3 Å². The van der Waals surface area contributed by atoms with Crippen molar-refractivity contribution < 1.29 is 37.1 Å². The molecule has 0 radical (unpaired) electrons. The molecule has 5 amide bonds. The van der Waals surface area contributed by atoms with Crippen LogP contribution in [0.3, 0.4) is 0 Å². The molecule has 9 nitrogen and oxygen atoms in total. The van der Waals surface area contributed by atoms with Gasteiger partial charge in [0.2, 0.25) is 17.7 Å². The third-order valence-electron chi connectivity index (χ3n) is 6.47. The van der Waals surface area contributed by atoms with Crippen LogP contribution in [0.4, 0.5) is 23.7 Å². The number of nitrogens with one attached hydrogen (secondary N) is 4. The van der Waals surface area contributed by atoms with E-state index in [1.807, 2.05) is 0 Å². The molecule has 0 bridgehead atoms. The van der Waals surface area contributed by atoms with Crippen molar-refractivity contribution >= 4 is 46.8 Å². The summed E-state index contributed by atoms with van der Waals surface area (Å²) in [6.45, 7) is 4.79. The first-order valence-electron chi connectivity index (χ1n) is 12.4. The fourth-order valence-electron chi connectivity index (χ4n) is 4.33. The standard InChI is InChI=1S/C27H28ClF3N4O5/c1-13(2)22(23(37)21-14(3)24(38)35-25(21)39)34-20(36)12-19(15-7-5-4-6-8-15)33-26(40)32-16-9-10-18(28)17(11-16)27(29,30)31/h4-11,13-14,19,21-22H,12H2,1-3H3,(H,34,36)(H2,32,33,40)(H,35,38,39). The molecule has 4 unspecified atom stereocenters. The van der Waals surface area contributed by atoms with Crippen molar-refractivity contribution in [3.63, 3.8) is 0 Å². The average Bonchev–Trinajstić information content (AvgIpc) is 3.13. The van der Waals surface area contributed by atoms with Gasteiger partial charge < -0.3 is 16.0 Å². The highest BCUT2D eigenvalue weighted by Crippen LogP contribution is 2.36. The van der Waals surface area contributed by atoms with Gasteiger partial charge >= 0.3 is 12.2 Å². The number of benzene rings is 2. The lowest BCUT2D eigenvalue weighted by Crippen LogP contribution is -2.49. The molecule has 1 saturated heterocycles. The van der Waals surface area contributed by atoms with Gasteiger partial charge in [-0.1, -0.05) is 62.7 Å². The number of hydrogen-bond donors (Lipinski definition) is 4. The molecule has 4 atom stereocenters. The number of carbonyl (C=O) groups is 5. The Labute approximate surface area is 233 Å². The minimum atomic E-state index is -4.73. The summed E-state index contributed by atoms with van der Waals surface area (Å²) in [7, 11) is 0. The lowest BCUT2D eigenvalue weighted by molar-refractivity contribution is -0.138. The highest BCUT2D eigenvalue weighted by Gasteiger charge is 2.46. The Morgan fingerprint density at radius 3 is 2.20 bits per heavy atom. The Morgan fingerprint density at radius 1 is 1.00 bits per heavy atom. The number of Topliss-reactive ketones (excluding diaryl/α,β-unsaturated/α-hetero) is 1. The maximum absolute atomic E-state index is 13.2. The second-order valence-corrected chi connectivity index (χ2v) is 10.2. The number of ketones is 1. The maximum Gasteiger partial charge on any atom is 0.417 e. The summed E-state index contributed by atoms with van der Waals surface area (Å²) >= 11 is 5.63. The minimum absolute atomic E-state index is 0.172. The van der Waals surface area contributed by atoms with Crippen molar-refractivity contribution in [3.05, 3.63) is 64.7 Å². The van der Waals surface area contributed by atoms with E-state index in [1.165, 1.54) is 13.0 Å². The molecule has 0 aromatic heterocycles. The molecule has 40 heavy (non-hydrogen) atoms. The summed E-state index contributed by atoms with van der Waals surface area (Å²) in [5, 5.41) is 9.09. The molecule has 2 aromatic carbocycles. The highest BCUT2D eigenvalue weighted by atomic mass is 35.5. The van der Waals surface area contributed by atoms with Crippen LogP contribution >= 0.6 is 11.6 Å².